The van der Waals surface area contributed by atoms with Gasteiger partial charge in [-0.15, -0.1) is 11.3 Å². The Kier molecular flexibility index (Phi) is 11.0. The second-order valence-electron chi connectivity index (χ2n) is 11.4. The Morgan fingerprint density at radius 2 is 1.45 bits per heavy atom. The zero-order chi connectivity index (χ0) is 31.3. The first-order valence-electron chi connectivity index (χ1n) is 13.9. The monoisotopic (exact) mass is 629 g/mol. The maximum absolute atomic E-state index is 13.7. The Labute approximate surface area is 244 Å². The largest absolute Gasteiger partial charge is 0.490 e. The predicted octanol–water partition coefficient (Wildman–Crippen LogP) is 4.95. The molecule has 1 amide bonds. The molecule has 0 aromatic carbocycles. The highest BCUT2D eigenvalue weighted by Gasteiger charge is 2.64. The molecule has 5 rings (SSSR count). The van der Waals surface area contributed by atoms with Crippen molar-refractivity contribution in [3.8, 4) is 0 Å². The maximum Gasteiger partial charge on any atom is 0.490 e. The van der Waals surface area contributed by atoms with Crippen molar-refractivity contribution in [1.82, 2.24) is 14.7 Å². The number of carboxylic acid groups (broad SMARTS) is 2. The Morgan fingerprint density at radius 3 is 1.90 bits per heavy atom. The van der Waals surface area contributed by atoms with Crippen LogP contribution >= 0.6 is 11.3 Å². The van der Waals surface area contributed by atoms with Crippen LogP contribution < -0.4 is 0 Å². The number of amides is 1. The van der Waals surface area contributed by atoms with Crippen LogP contribution in [0.5, 0.6) is 0 Å². The number of carboxylic acids is 2. The molecule has 4 fully saturated rings. The molecule has 4 heterocycles. The van der Waals surface area contributed by atoms with Crippen molar-refractivity contribution in [1.29, 1.82) is 0 Å². The van der Waals surface area contributed by atoms with Gasteiger partial charge in [0.05, 0.1) is 5.41 Å². The van der Waals surface area contributed by atoms with E-state index in [1.165, 1.54) is 50.1 Å². The lowest BCUT2D eigenvalue weighted by Crippen LogP contribution is -2.49. The van der Waals surface area contributed by atoms with Crippen LogP contribution in [0.2, 0.25) is 0 Å². The first-order chi connectivity index (χ1) is 19.5. The summed E-state index contributed by atoms with van der Waals surface area (Å²) in [5.74, 6) is -4.42. The topological polar surface area (TPSA) is 101 Å². The number of hydrogen-bond donors (Lipinski definition) is 2. The van der Waals surface area contributed by atoms with Crippen LogP contribution in [0.25, 0.3) is 0 Å². The lowest BCUT2D eigenvalue weighted by atomic mass is 9.65. The Bertz CT molecular complexity index is 1050. The van der Waals surface area contributed by atoms with E-state index in [9.17, 15) is 31.1 Å². The van der Waals surface area contributed by atoms with Gasteiger partial charge in [-0.3, -0.25) is 9.69 Å². The highest BCUT2D eigenvalue weighted by atomic mass is 32.1. The normalized spacial score (nSPS) is 25.8. The minimum absolute atomic E-state index is 0.0731. The summed E-state index contributed by atoms with van der Waals surface area (Å²) in [4.78, 5) is 40.4. The molecule has 8 nitrogen and oxygen atoms in total. The SMILES string of the molecule is CCN1C[C@H]2C3(CCN(Cc4cccs4)CC3)CC[C@@]2(C(=O)N2CCCC2)C1.O=C(O)C(F)(F)F.O=C(O)C(F)(F)F. The average Bonchev–Trinajstić information content (AvgIpc) is 3.72. The number of halogens is 6. The van der Waals surface area contributed by atoms with Crippen LogP contribution in [0.15, 0.2) is 17.5 Å². The maximum atomic E-state index is 13.7. The molecule has 4 aliphatic rings. The van der Waals surface area contributed by atoms with Crippen molar-refractivity contribution in [2.75, 3.05) is 45.8 Å². The third kappa shape index (κ3) is 7.95. The number of fused-ring (bicyclic) bond motifs is 2. The third-order valence-corrected chi connectivity index (χ3v) is 9.85. The summed E-state index contributed by atoms with van der Waals surface area (Å²) in [5.41, 5.74) is 0.335. The molecule has 1 aliphatic carbocycles. The number of carbonyl (C=O) groups excluding carboxylic acids is 1. The van der Waals surface area contributed by atoms with Crippen molar-refractivity contribution in [2.24, 2.45) is 16.7 Å². The van der Waals surface area contributed by atoms with E-state index in [0.29, 0.717) is 17.2 Å². The fourth-order valence-electron chi connectivity index (χ4n) is 6.86. The van der Waals surface area contributed by atoms with Gasteiger partial charge < -0.3 is 20.0 Å². The van der Waals surface area contributed by atoms with Gasteiger partial charge in [-0.1, -0.05) is 13.0 Å². The van der Waals surface area contributed by atoms with Crippen molar-refractivity contribution in [3.05, 3.63) is 22.4 Å². The number of piperidine rings is 1. The van der Waals surface area contributed by atoms with E-state index >= 15 is 0 Å². The van der Waals surface area contributed by atoms with Crippen molar-refractivity contribution < 1.29 is 50.9 Å². The first-order valence-corrected chi connectivity index (χ1v) is 14.8. The molecule has 3 saturated heterocycles. The Morgan fingerprint density at radius 1 is 0.905 bits per heavy atom. The van der Waals surface area contributed by atoms with E-state index in [2.05, 4.69) is 39.1 Å². The zero-order valence-electron chi connectivity index (χ0n) is 23.3. The second-order valence-corrected chi connectivity index (χ2v) is 12.4. The van der Waals surface area contributed by atoms with Gasteiger partial charge in [0.2, 0.25) is 5.91 Å². The fraction of sp³-hybridized carbons (Fsp3) is 0.741. The van der Waals surface area contributed by atoms with E-state index in [0.717, 1.165) is 45.7 Å². The Hall–Kier alpha value is -2.39. The first kappa shape index (κ1) is 34.1. The lowest BCUT2D eigenvalue weighted by molar-refractivity contribution is -0.193. The summed E-state index contributed by atoms with van der Waals surface area (Å²) in [6.07, 6.45) is -2.78. The van der Waals surface area contributed by atoms with Gasteiger partial charge in [-0.2, -0.15) is 26.3 Å². The number of carbonyl (C=O) groups is 3. The van der Waals surface area contributed by atoms with E-state index in [4.69, 9.17) is 19.8 Å². The van der Waals surface area contributed by atoms with Crippen LogP contribution in [-0.4, -0.2) is 101 Å². The van der Waals surface area contributed by atoms with Gasteiger partial charge in [0.25, 0.3) is 0 Å². The number of thiophene rings is 1. The van der Waals surface area contributed by atoms with Crippen LogP contribution in [0, 0.1) is 16.7 Å². The smallest absolute Gasteiger partial charge is 0.475 e. The van der Waals surface area contributed by atoms with Gasteiger partial charge in [0.1, 0.15) is 0 Å². The lowest BCUT2D eigenvalue weighted by Gasteiger charge is -2.45. The molecule has 238 valence electrons. The summed E-state index contributed by atoms with van der Waals surface area (Å²) in [5, 5.41) is 16.4. The van der Waals surface area contributed by atoms with Gasteiger partial charge >= 0.3 is 24.3 Å². The molecule has 3 aliphatic heterocycles. The summed E-state index contributed by atoms with van der Waals surface area (Å²) < 4.78 is 63.5. The molecule has 1 aromatic heterocycles. The van der Waals surface area contributed by atoms with E-state index in [1.54, 1.807) is 0 Å². The molecule has 15 heteroatoms. The van der Waals surface area contributed by atoms with Gasteiger partial charge in [0.15, 0.2) is 0 Å². The second kappa shape index (κ2) is 13.5. The van der Waals surface area contributed by atoms with Gasteiger partial charge in [-0.05, 0) is 80.9 Å². The standard InChI is InChI=1S/C23H35N3OS.2C2HF3O2/c1-2-24-17-20-22(9-13-25(14-10-22)16-19-6-5-15-28-19)7-8-23(20,18-24)21(27)26-11-3-4-12-26;2*3-2(4,5)1(6)7/h5-6,15,20H,2-4,7-14,16-18H2,1H3;2*(H,6,7)/t20-,23+;;/m0../s1. The minimum Gasteiger partial charge on any atom is -0.475 e. The molecule has 1 aromatic rings. The van der Waals surface area contributed by atoms with Gasteiger partial charge in [0, 0.05) is 37.6 Å². The number of hydrogen-bond acceptors (Lipinski definition) is 6. The van der Waals surface area contributed by atoms with Crippen LogP contribution in [0.4, 0.5) is 26.3 Å². The van der Waals surface area contributed by atoms with Crippen molar-refractivity contribution in [2.45, 2.75) is 64.3 Å². The van der Waals surface area contributed by atoms with Crippen molar-refractivity contribution >= 4 is 29.2 Å². The van der Waals surface area contributed by atoms with E-state index < -0.39 is 24.3 Å². The van der Waals surface area contributed by atoms with E-state index in [1.807, 2.05) is 11.3 Å². The average molecular weight is 630 g/mol. The molecule has 0 unspecified atom stereocenters. The number of nitrogens with zero attached hydrogens (tertiary/aromatic N) is 3. The molecular formula is C27H37F6N3O5S. The highest BCUT2D eigenvalue weighted by Crippen LogP contribution is 2.62. The summed E-state index contributed by atoms with van der Waals surface area (Å²) in [6.45, 7) is 11.0. The molecular weight excluding hydrogens is 592 g/mol. The molecule has 1 saturated carbocycles. The van der Waals surface area contributed by atoms with Crippen molar-refractivity contribution in [3.63, 3.8) is 0 Å². The third-order valence-electron chi connectivity index (χ3n) is 8.98. The number of aliphatic carboxylic acids is 2. The molecule has 0 radical (unpaired) electrons. The highest BCUT2D eigenvalue weighted by molar-refractivity contribution is 7.09. The number of alkyl halides is 6. The summed E-state index contributed by atoms with van der Waals surface area (Å²) >= 11 is 1.88. The summed E-state index contributed by atoms with van der Waals surface area (Å²) in [6, 6.07) is 4.43. The van der Waals surface area contributed by atoms with Crippen LogP contribution in [-0.2, 0) is 20.9 Å². The zero-order valence-corrected chi connectivity index (χ0v) is 24.2. The molecule has 1 spiro atoms. The Balaban J connectivity index is 0.000000289. The molecule has 42 heavy (non-hydrogen) atoms. The van der Waals surface area contributed by atoms with Crippen LogP contribution in [0.3, 0.4) is 0 Å². The fourth-order valence-corrected chi connectivity index (χ4v) is 7.61. The number of likely N-dealkylation sites (tertiary alicyclic amines) is 3. The predicted molar refractivity (Wildman–Crippen MR) is 142 cm³/mol. The number of rotatable bonds is 4. The quantitative estimate of drug-likeness (QED) is 0.455. The minimum atomic E-state index is -5.08. The van der Waals surface area contributed by atoms with Gasteiger partial charge in [-0.25, -0.2) is 9.59 Å². The summed E-state index contributed by atoms with van der Waals surface area (Å²) in [7, 11) is 0. The molecule has 0 bridgehead atoms. The van der Waals surface area contributed by atoms with E-state index in [-0.39, 0.29) is 5.41 Å². The van der Waals surface area contributed by atoms with Crippen LogP contribution in [0.1, 0.15) is 50.3 Å². The molecule has 2 atom stereocenters. The molecule has 2 N–H and O–H groups in total.